The third-order valence-electron chi connectivity index (χ3n) is 8.05. The number of hydrogen-bond acceptors (Lipinski definition) is 6. The quantitative estimate of drug-likeness (QED) is 0.424. The number of likely N-dealkylation sites (tertiary alicyclic amines) is 1. The fraction of sp³-hybridized carbons (Fsp3) is 0.500. The van der Waals surface area contributed by atoms with Gasteiger partial charge in [0.25, 0.3) is 5.91 Å². The van der Waals surface area contributed by atoms with Gasteiger partial charge in [0, 0.05) is 25.3 Å². The number of ether oxygens (including phenoxy) is 2. The van der Waals surface area contributed by atoms with Crippen molar-refractivity contribution in [2.75, 3.05) is 19.7 Å². The van der Waals surface area contributed by atoms with Gasteiger partial charge in [0.2, 0.25) is 5.89 Å². The predicted molar refractivity (Wildman–Crippen MR) is 139 cm³/mol. The minimum Gasteiger partial charge on any atom is -0.456 e. The maximum Gasteiger partial charge on any atom is 0.338 e. The Morgan fingerprint density at radius 3 is 2.51 bits per heavy atom. The summed E-state index contributed by atoms with van der Waals surface area (Å²) in [6.45, 7) is 7.92. The zero-order chi connectivity index (χ0) is 25.8. The lowest BCUT2D eigenvalue weighted by Crippen LogP contribution is -2.44. The lowest BCUT2D eigenvalue weighted by molar-refractivity contribution is -0.142. The van der Waals surface area contributed by atoms with Gasteiger partial charge >= 0.3 is 5.97 Å². The highest BCUT2D eigenvalue weighted by atomic mass is 16.6. The van der Waals surface area contributed by atoms with Gasteiger partial charge in [-0.15, -0.1) is 0 Å². The van der Waals surface area contributed by atoms with Gasteiger partial charge in [0.1, 0.15) is 17.2 Å². The summed E-state index contributed by atoms with van der Waals surface area (Å²) in [5.41, 5.74) is 3.73. The molecular formula is C30H34N2O5. The van der Waals surface area contributed by atoms with Crippen LogP contribution in [-0.2, 0) is 14.3 Å². The van der Waals surface area contributed by atoms with Crippen molar-refractivity contribution in [3.8, 4) is 11.5 Å². The van der Waals surface area contributed by atoms with Crippen molar-refractivity contribution in [2.45, 2.75) is 70.5 Å². The molecule has 7 nitrogen and oxygen atoms in total. The Labute approximate surface area is 217 Å². The van der Waals surface area contributed by atoms with E-state index in [0.29, 0.717) is 40.5 Å². The van der Waals surface area contributed by atoms with Gasteiger partial charge in [-0.25, -0.2) is 9.78 Å². The Bertz CT molecular complexity index is 1320. The minimum atomic E-state index is -0.556. The van der Waals surface area contributed by atoms with E-state index in [-0.39, 0.29) is 18.0 Å². The highest BCUT2D eigenvalue weighted by molar-refractivity contribution is 5.93. The monoisotopic (exact) mass is 502 g/mol. The van der Waals surface area contributed by atoms with E-state index in [2.05, 4.69) is 29.2 Å². The molecule has 3 heterocycles. The van der Waals surface area contributed by atoms with Crippen LogP contribution >= 0.6 is 0 Å². The molecule has 3 fully saturated rings. The van der Waals surface area contributed by atoms with Crippen molar-refractivity contribution in [2.24, 2.45) is 5.41 Å². The van der Waals surface area contributed by atoms with Crippen LogP contribution in [0.1, 0.15) is 74.7 Å². The molecule has 0 N–H and O–H groups in total. The van der Waals surface area contributed by atoms with Crippen LogP contribution in [0, 0.1) is 5.41 Å². The van der Waals surface area contributed by atoms with Gasteiger partial charge in [-0.1, -0.05) is 12.1 Å². The first-order chi connectivity index (χ1) is 17.7. The van der Waals surface area contributed by atoms with Gasteiger partial charge in [-0.05, 0) is 100 Å². The van der Waals surface area contributed by atoms with E-state index in [9.17, 15) is 9.59 Å². The summed E-state index contributed by atoms with van der Waals surface area (Å²) in [5.74, 6) is 0.887. The van der Waals surface area contributed by atoms with Crippen molar-refractivity contribution >= 4 is 23.0 Å². The van der Waals surface area contributed by atoms with E-state index in [0.717, 1.165) is 44.3 Å². The van der Waals surface area contributed by atoms with Crippen molar-refractivity contribution in [1.29, 1.82) is 0 Å². The number of nitrogens with zero attached hydrogens (tertiary/aromatic N) is 2. The second-order valence-electron chi connectivity index (χ2n) is 11.8. The van der Waals surface area contributed by atoms with Gasteiger partial charge in [0.15, 0.2) is 5.58 Å². The number of aromatic nitrogens is 1. The molecule has 37 heavy (non-hydrogen) atoms. The molecule has 2 atom stereocenters. The summed E-state index contributed by atoms with van der Waals surface area (Å²) < 4.78 is 17.1. The van der Waals surface area contributed by atoms with Gasteiger partial charge in [-0.3, -0.25) is 4.79 Å². The molecule has 2 aliphatic heterocycles. The Balaban J connectivity index is 1.11. The number of esters is 1. The van der Waals surface area contributed by atoms with Crippen LogP contribution < -0.4 is 0 Å². The zero-order valence-corrected chi connectivity index (χ0v) is 21.8. The summed E-state index contributed by atoms with van der Waals surface area (Å²) in [4.78, 5) is 31.7. The molecule has 3 aliphatic rings. The van der Waals surface area contributed by atoms with Gasteiger partial charge in [-0.2, -0.15) is 0 Å². The molecule has 1 saturated carbocycles. The molecule has 7 heteroatoms. The Hall–Kier alpha value is -3.19. The highest BCUT2D eigenvalue weighted by Gasteiger charge is 2.55. The van der Waals surface area contributed by atoms with Crippen molar-refractivity contribution in [1.82, 2.24) is 9.88 Å². The molecule has 194 valence electrons. The number of carbonyl (C=O) groups excluding carboxylic acids is 2. The maximum absolute atomic E-state index is 12.7. The molecule has 2 aromatic carbocycles. The first kappa shape index (κ1) is 24.2. The Morgan fingerprint density at radius 2 is 1.84 bits per heavy atom. The smallest absolute Gasteiger partial charge is 0.338 e. The standard InChI is InChI=1S/C30H34N2O5/c1-29(2,3)37-28(34)21-10-11-23-25(17-21)36-26(31-23)20-8-6-19(7-9-20)22-18-30(22)12-14-32(15-13-30)27(33)24-5-4-16-35-24/h6-11,17,22,24H,4-5,12-16,18H2,1-3H3. The second kappa shape index (κ2) is 8.98. The summed E-state index contributed by atoms with van der Waals surface area (Å²) in [7, 11) is 0. The molecule has 6 rings (SSSR count). The molecule has 2 saturated heterocycles. The highest BCUT2D eigenvalue weighted by Crippen LogP contribution is 2.65. The number of piperidine rings is 1. The fourth-order valence-electron chi connectivity index (χ4n) is 5.89. The van der Waals surface area contributed by atoms with E-state index in [4.69, 9.17) is 13.9 Å². The molecule has 2 unspecified atom stereocenters. The molecular weight excluding hydrogens is 468 g/mol. The van der Waals surface area contributed by atoms with E-state index in [1.54, 1.807) is 18.2 Å². The van der Waals surface area contributed by atoms with Crippen molar-refractivity contribution < 1.29 is 23.5 Å². The lowest BCUT2D eigenvalue weighted by Gasteiger charge is -2.34. The van der Waals surface area contributed by atoms with Gasteiger partial charge < -0.3 is 18.8 Å². The normalized spacial score (nSPS) is 22.9. The largest absolute Gasteiger partial charge is 0.456 e. The van der Waals surface area contributed by atoms with Crippen LogP contribution in [0.3, 0.4) is 0 Å². The van der Waals surface area contributed by atoms with Crippen molar-refractivity contribution in [3.63, 3.8) is 0 Å². The third-order valence-corrected chi connectivity index (χ3v) is 8.05. The molecule has 1 aromatic heterocycles. The van der Waals surface area contributed by atoms with Crippen LogP contribution in [0.25, 0.3) is 22.6 Å². The number of fused-ring (bicyclic) bond motifs is 1. The predicted octanol–water partition coefficient (Wildman–Crippen LogP) is 5.73. The summed E-state index contributed by atoms with van der Waals surface area (Å²) in [6.07, 6.45) is 4.94. The van der Waals surface area contributed by atoms with Crippen LogP contribution in [0.15, 0.2) is 46.9 Å². The fourth-order valence-corrected chi connectivity index (χ4v) is 5.89. The van der Waals surface area contributed by atoms with E-state index in [1.165, 1.54) is 12.0 Å². The molecule has 0 bridgehead atoms. The molecule has 0 radical (unpaired) electrons. The number of hydrogen-bond donors (Lipinski definition) is 0. The zero-order valence-electron chi connectivity index (χ0n) is 21.8. The number of benzene rings is 2. The number of carbonyl (C=O) groups is 2. The maximum atomic E-state index is 12.7. The summed E-state index contributed by atoms with van der Waals surface area (Å²) >= 11 is 0. The summed E-state index contributed by atoms with van der Waals surface area (Å²) in [6, 6.07) is 13.7. The Morgan fingerprint density at radius 1 is 1.08 bits per heavy atom. The lowest BCUT2D eigenvalue weighted by atomic mass is 9.88. The van der Waals surface area contributed by atoms with Crippen LogP contribution in [0.4, 0.5) is 0 Å². The molecule has 1 spiro atoms. The van der Waals surface area contributed by atoms with E-state index < -0.39 is 5.60 Å². The van der Waals surface area contributed by atoms with Crippen LogP contribution in [-0.4, -0.2) is 53.2 Å². The van der Waals surface area contributed by atoms with Crippen LogP contribution in [0.2, 0.25) is 0 Å². The van der Waals surface area contributed by atoms with Gasteiger partial charge in [0.05, 0.1) is 5.56 Å². The van der Waals surface area contributed by atoms with Crippen LogP contribution in [0.5, 0.6) is 0 Å². The number of amides is 1. The summed E-state index contributed by atoms with van der Waals surface area (Å²) in [5, 5.41) is 0. The second-order valence-corrected chi connectivity index (χ2v) is 11.8. The minimum absolute atomic E-state index is 0.186. The molecule has 1 amide bonds. The van der Waals surface area contributed by atoms with E-state index >= 15 is 0 Å². The van der Waals surface area contributed by atoms with Crippen molar-refractivity contribution in [3.05, 3.63) is 53.6 Å². The number of rotatable bonds is 4. The topological polar surface area (TPSA) is 81.9 Å². The molecule has 3 aromatic rings. The first-order valence-electron chi connectivity index (χ1n) is 13.4. The average molecular weight is 503 g/mol. The third kappa shape index (κ3) is 4.77. The SMILES string of the molecule is CC(C)(C)OC(=O)c1ccc2nc(-c3ccc(C4CC45CCN(C(=O)C4CCCO4)CC5)cc3)oc2c1. The number of oxazole rings is 1. The molecule has 1 aliphatic carbocycles. The first-order valence-corrected chi connectivity index (χ1v) is 13.4. The Kier molecular flexibility index (Phi) is 5.86. The average Bonchev–Trinajstić information content (AvgIpc) is 3.23. The van der Waals surface area contributed by atoms with E-state index in [1.807, 2.05) is 25.7 Å².